The molecule has 4 heteroatoms. The molecule has 1 fully saturated rings. The lowest BCUT2D eigenvalue weighted by Gasteiger charge is -2.10. The van der Waals surface area contributed by atoms with E-state index < -0.39 is 0 Å². The number of likely N-dealkylation sites (N-methyl/N-ethyl adjacent to an activating group) is 2. The molecule has 0 aromatic rings. The maximum atomic E-state index is 11.0. The molecule has 0 unspecified atom stereocenters. The van der Waals surface area contributed by atoms with Gasteiger partial charge in [0.25, 0.3) is 0 Å². The third-order valence-electron chi connectivity index (χ3n) is 1.64. The minimum atomic E-state index is -0.187. The monoisotopic (exact) mass is 142 g/mol. The van der Waals surface area contributed by atoms with Crippen LogP contribution in [0.15, 0.2) is 0 Å². The molecule has 3 amide bonds. The summed E-state index contributed by atoms with van der Waals surface area (Å²) in [5.41, 5.74) is 0. The summed E-state index contributed by atoms with van der Waals surface area (Å²) >= 11 is 0. The minimum absolute atomic E-state index is 0.119. The van der Waals surface area contributed by atoms with Crippen LogP contribution in [0.3, 0.4) is 0 Å². The molecule has 0 saturated carbocycles. The van der Waals surface area contributed by atoms with Crippen molar-refractivity contribution in [3.8, 4) is 0 Å². The van der Waals surface area contributed by atoms with E-state index in [9.17, 15) is 9.59 Å². The third-order valence-corrected chi connectivity index (χ3v) is 1.64. The van der Waals surface area contributed by atoms with Crippen molar-refractivity contribution in [2.24, 2.45) is 0 Å². The Morgan fingerprint density at radius 2 is 2.10 bits per heavy atom. The van der Waals surface area contributed by atoms with E-state index in [1.807, 2.05) is 6.92 Å². The van der Waals surface area contributed by atoms with E-state index in [1.54, 1.807) is 0 Å². The Balaban J connectivity index is 2.71. The number of carbonyl (C=O) groups excluding carboxylic acids is 2. The van der Waals surface area contributed by atoms with E-state index in [0.717, 1.165) is 4.90 Å². The molecule has 0 aromatic carbocycles. The fourth-order valence-corrected chi connectivity index (χ4v) is 0.903. The Labute approximate surface area is 59.4 Å². The van der Waals surface area contributed by atoms with Gasteiger partial charge in [-0.15, -0.1) is 0 Å². The SMILES string of the molecule is CCN1CC(=O)N(C)C1=O. The Kier molecular flexibility index (Phi) is 1.61. The Morgan fingerprint density at radius 3 is 2.30 bits per heavy atom. The Bertz CT molecular complexity index is 179. The summed E-state index contributed by atoms with van der Waals surface area (Å²) in [4.78, 5) is 24.4. The number of urea groups is 1. The number of imide groups is 1. The largest absolute Gasteiger partial charge is 0.326 e. The van der Waals surface area contributed by atoms with Gasteiger partial charge in [0.15, 0.2) is 0 Å². The molecule has 1 aliphatic rings. The molecule has 1 rings (SSSR count). The number of hydrogen-bond donors (Lipinski definition) is 0. The summed E-state index contributed by atoms with van der Waals surface area (Å²) in [7, 11) is 1.50. The molecular formula is C6H10N2O2. The van der Waals surface area contributed by atoms with Gasteiger partial charge in [0.2, 0.25) is 5.91 Å². The lowest BCUT2D eigenvalue weighted by Crippen LogP contribution is -2.29. The van der Waals surface area contributed by atoms with Crippen LogP contribution in [0.5, 0.6) is 0 Å². The number of hydrogen-bond acceptors (Lipinski definition) is 2. The van der Waals surface area contributed by atoms with Crippen molar-refractivity contribution < 1.29 is 9.59 Å². The summed E-state index contributed by atoms with van der Waals surface area (Å²) in [5, 5.41) is 0. The van der Waals surface area contributed by atoms with Crippen molar-refractivity contribution in [2.75, 3.05) is 20.1 Å². The van der Waals surface area contributed by atoms with E-state index in [-0.39, 0.29) is 18.5 Å². The molecule has 0 radical (unpaired) electrons. The molecule has 4 nitrogen and oxygen atoms in total. The molecule has 56 valence electrons. The van der Waals surface area contributed by atoms with E-state index in [0.29, 0.717) is 6.54 Å². The predicted molar refractivity (Wildman–Crippen MR) is 35.4 cm³/mol. The summed E-state index contributed by atoms with van der Waals surface area (Å²) in [6, 6.07) is -0.187. The second-order valence-electron chi connectivity index (χ2n) is 2.25. The second kappa shape index (κ2) is 2.28. The second-order valence-corrected chi connectivity index (χ2v) is 2.25. The van der Waals surface area contributed by atoms with Gasteiger partial charge in [-0.25, -0.2) is 4.79 Å². The van der Waals surface area contributed by atoms with Crippen LogP contribution in [0.1, 0.15) is 6.92 Å². The highest BCUT2D eigenvalue weighted by atomic mass is 16.2. The van der Waals surface area contributed by atoms with Gasteiger partial charge in [-0.2, -0.15) is 0 Å². The lowest BCUT2D eigenvalue weighted by molar-refractivity contribution is -0.124. The van der Waals surface area contributed by atoms with Gasteiger partial charge in [-0.05, 0) is 6.92 Å². The smallest absolute Gasteiger partial charge is 0.315 e. The Hall–Kier alpha value is -1.06. The molecule has 0 spiro atoms. The summed E-state index contributed by atoms with van der Waals surface area (Å²) in [6.07, 6.45) is 0. The molecular weight excluding hydrogens is 132 g/mol. The van der Waals surface area contributed by atoms with E-state index in [1.165, 1.54) is 11.9 Å². The first-order valence-electron chi connectivity index (χ1n) is 3.22. The van der Waals surface area contributed by atoms with Gasteiger partial charge >= 0.3 is 6.03 Å². The number of nitrogens with zero attached hydrogens (tertiary/aromatic N) is 2. The zero-order valence-electron chi connectivity index (χ0n) is 6.13. The van der Waals surface area contributed by atoms with Crippen LogP contribution in [-0.2, 0) is 4.79 Å². The average molecular weight is 142 g/mol. The lowest BCUT2D eigenvalue weighted by atomic mass is 10.5. The molecule has 0 aromatic heterocycles. The Morgan fingerprint density at radius 1 is 1.50 bits per heavy atom. The standard InChI is InChI=1S/C6H10N2O2/c1-3-8-4-5(9)7(2)6(8)10/h3-4H2,1-2H3. The van der Waals surface area contributed by atoms with Gasteiger partial charge in [0.05, 0.1) is 0 Å². The molecule has 1 saturated heterocycles. The molecule has 0 atom stereocenters. The van der Waals surface area contributed by atoms with Crippen LogP contribution in [0.2, 0.25) is 0 Å². The van der Waals surface area contributed by atoms with Crippen LogP contribution < -0.4 is 0 Å². The van der Waals surface area contributed by atoms with Crippen molar-refractivity contribution in [3.05, 3.63) is 0 Å². The third kappa shape index (κ3) is 0.853. The first-order chi connectivity index (χ1) is 4.66. The van der Waals surface area contributed by atoms with Crippen molar-refractivity contribution in [1.29, 1.82) is 0 Å². The first-order valence-corrected chi connectivity index (χ1v) is 3.22. The molecule has 1 heterocycles. The number of amides is 3. The van der Waals surface area contributed by atoms with E-state index >= 15 is 0 Å². The van der Waals surface area contributed by atoms with Crippen LogP contribution in [0.25, 0.3) is 0 Å². The van der Waals surface area contributed by atoms with Crippen molar-refractivity contribution in [2.45, 2.75) is 6.92 Å². The fourth-order valence-electron chi connectivity index (χ4n) is 0.903. The van der Waals surface area contributed by atoms with Gasteiger partial charge in [-0.1, -0.05) is 0 Å². The highest BCUT2D eigenvalue weighted by molar-refractivity contribution is 6.01. The van der Waals surface area contributed by atoms with Crippen LogP contribution in [-0.4, -0.2) is 41.9 Å². The van der Waals surface area contributed by atoms with Gasteiger partial charge in [0, 0.05) is 13.6 Å². The van der Waals surface area contributed by atoms with Crippen molar-refractivity contribution in [3.63, 3.8) is 0 Å². The maximum absolute atomic E-state index is 11.0. The molecule has 0 N–H and O–H groups in total. The summed E-state index contributed by atoms with van der Waals surface area (Å²) in [6.45, 7) is 2.70. The molecule has 1 aliphatic heterocycles. The normalized spacial score (nSPS) is 19.0. The number of carbonyl (C=O) groups is 2. The molecule has 10 heavy (non-hydrogen) atoms. The van der Waals surface area contributed by atoms with Gasteiger partial charge in [-0.3, -0.25) is 9.69 Å². The average Bonchev–Trinajstić information content (AvgIpc) is 2.17. The zero-order chi connectivity index (χ0) is 7.72. The van der Waals surface area contributed by atoms with E-state index in [2.05, 4.69) is 0 Å². The summed E-state index contributed by atoms with van der Waals surface area (Å²) in [5.74, 6) is -0.119. The highest BCUT2D eigenvalue weighted by Gasteiger charge is 2.31. The molecule has 0 aliphatic carbocycles. The quantitative estimate of drug-likeness (QED) is 0.480. The van der Waals surface area contributed by atoms with Gasteiger partial charge in [0.1, 0.15) is 6.54 Å². The minimum Gasteiger partial charge on any atom is -0.315 e. The zero-order valence-corrected chi connectivity index (χ0v) is 6.13. The maximum Gasteiger partial charge on any atom is 0.326 e. The predicted octanol–water partition coefficient (Wildman–Crippen LogP) is -0.0997. The van der Waals surface area contributed by atoms with Crippen molar-refractivity contribution in [1.82, 2.24) is 9.80 Å². The van der Waals surface area contributed by atoms with Gasteiger partial charge < -0.3 is 4.90 Å². The molecule has 0 bridgehead atoms. The topological polar surface area (TPSA) is 40.6 Å². The fraction of sp³-hybridized carbons (Fsp3) is 0.667. The first kappa shape index (κ1) is 7.05. The summed E-state index contributed by atoms with van der Waals surface area (Å²) < 4.78 is 0. The highest BCUT2D eigenvalue weighted by Crippen LogP contribution is 2.05. The number of rotatable bonds is 1. The van der Waals surface area contributed by atoms with Crippen LogP contribution >= 0.6 is 0 Å². The van der Waals surface area contributed by atoms with Crippen molar-refractivity contribution >= 4 is 11.9 Å². The van der Waals surface area contributed by atoms with Crippen LogP contribution in [0.4, 0.5) is 4.79 Å². The van der Waals surface area contributed by atoms with Crippen LogP contribution in [0, 0.1) is 0 Å². The van der Waals surface area contributed by atoms with E-state index in [4.69, 9.17) is 0 Å².